The van der Waals surface area contributed by atoms with E-state index < -0.39 is 0 Å². The summed E-state index contributed by atoms with van der Waals surface area (Å²) in [6, 6.07) is 10.8. The van der Waals surface area contributed by atoms with Gasteiger partial charge in [-0.1, -0.05) is 30.3 Å². The van der Waals surface area contributed by atoms with E-state index in [0.717, 1.165) is 28.6 Å². The van der Waals surface area contributed by atoms with Gasteiger partial charge in [-0.25, -0.2) is 4.98 Å². The lowest BCUT2D eigenvalue weighted by atomic mass is 9.98. The molecule has 0 amide bonds. The Morgan fingerprint density at radius 1 is 1.08 bits per heavy atom. The van der Waals surface area contributed by atoms with Crippen LogP contribution in [0.1, 0.15) is 16.7 Å². The van der Waals surface area contributed by atoms with Gasteiger partial charge >= 0.3 is 0 Å². The Labute approximate surface area is 139 Å². The monoisotopic (exact) mass is 312 g/mol. The minimum absolute atomic E-state index is 0.919. The van der Waals surface area contributed by atoms with Crippen molar-refractivity contribution in [2.24, 2.45) is 7.05 Å². The molecule has 4 heteroatoms. The number of pyridine rings is 1. The van der Waals surface area contributed by atoms with Crippen LogP contribution in [0.2, 0.25) is 0 Å². The lowest BCUT2D eigenvalue weighted by Crippen LogP contribution is -1.86. The van der Waals surface area contributed by atoms with Crippen molar-refractivity contribution in [3.05, 3.63) is 77.9 Å². The Hall–Kier alpha value is -3.14. The number of aryl methyl sites for hydroxylation is 1. The molecule has 116 valence electrons. The van der Waals surface area contributed by atoms with E-state index in [4.69, 9.17) is 0 Å². The van der Waals surface area contributed by atoms with Gasteiger partial charge in [0.25, 0.3) is 0 Å². The maximum atomic E-state index is 4.60. The van der Waals surface area contributed by atoms with Crippen LogP contribution in [-0.2, 0) is 13.5 Å². The van der Waals surface area contributed by atoms with Gasteiger partial charge in [-0.3, -0.25) is 4.68 Å². The topological polar surface area (TPSA) is 46.5 Å². The minimum atomic E-state index is 0.919. The SMILES string of the molecule is Cn1cc(-c2cnc3[nH]cc(C4=CCc5ccccc54)c3c2)cn1. The van der Waals surface area contributed by atoms with E-state index in [1.165, 1.54) is 22.3 Å². The molecule has 4 aromatic rings. The predicted octanol–water partition coefficient (Wildman–Crippen LogP) is 3.95. The van der Waals surface area contributed by atoms with E-state index in [0.29, 0.717) is 0 Å². The van der Waals surface area contributed by atoms with Gasteiger partial charge < -0.3 is 4.98 Å². The van der Waals surface area contributed by atoms with E-state index in [-0.39, 0.29) is 0 Å². The number of nitrogens with one attached hydrogen (secondary N) is 1. The average molecular weight is 312 g/mol. The van der Waals surface area contributed by atoms with E-state index >= 15 is 0 Å². The highest BCUT2D eigenvalue weighted by Crippen LogP contribution is 2.36. The lowest BCUT2D eigenvalue weighted by Gasteiger charge is -2.05. The molecule has 0 radical (unpaired) electrons. The second kappa shape index (κ2) is 4.93. The standard InChI is InChI=1S/C20H16N4/c1-24-12-15(10-23-24)14-8-18-19(11-22-20(18)21-9-14)17-7-6-13-4-2-3-5-16(13)17/h2-5,7-12H,6H2,1H3,(H,21,22). The van der Waals surface area contributed by atoms with Crippen molar-refractivity contribution >= 4 is 16.6 Å². The van der Waals surface area contributed by atoms with Gasteiger partial charge in [-0.15, -0.1) is 0 Å². The first-order chi connectivity index (χ1) is 11.8. The maximum absolute atomic E-state index is 4.60. The number of nitrogens with zero attached hydrogens (tertiary/aromatic N) is 3. The minimum Gasteiger partial charge on any atom is -0.346 e. The molecule has 0 atom stereocenters. The van der Waals surface area contributed by atoms with Gasteiger partial charge in [-0.05, 0) is 29.2 Å². The molecule has 1 aliphatic carbocycles. The summed E-state index contributed by atoms with van der Waals surface area (Å²) in [5.41, 5.74) is 8.31. The third-order valence-electron chi connectivity index (χ3n) is 4.69. The highest BCUT2D eigenvalue weighted by molar-refractivity contribution is 5.98. The van der Waals surface area contributed by atoms with Gasteiger partial charge in [0.05, 0.1) is 6.20 Å². The van der Waals surface area contributed by atoms with Crippen LogP contribution in [0, 0.1) is 0 Å². The fourth-order valence-corrected chi connectivity index (χ4v) is 3.49. The van der Waals surface area contributed by atoms with Crippen LogP contribution in [-0.4, -0.2) is 19.7 Å². The number of benzene rings is 1. The average Bonchev–Trinajstić information content (AvgIpc) is 3.31. The summed E-state index contributed by atoms with van der Waals surface area (Å²) in [5, 5.41) is 5.41. The van der Waals surface area contributed by atoms with Crippen molar-refractivity contribution < 1.29 is 0 Å². The molecule has 0 fully saturated rings. The molecule has 24 heavy (non-hydrogen) atoms. The molecule has 0 saturated heterocycles. The van der Waals surface area contributed by atoms with Crippen molar-refractivity contribution in [1.29, 1.82) is 0 Å². The van der Waals surface area contributed by atoms with Crippen LogP contribution < -0.4 is 0 Å². The molecular weight excluding hydrogens is 296 g/mol. The van der Waals surface area contributed by atoms with Gasteiger partial charge in [-0.2, -0.15) is 5.10 Å². The van der Waals surface area contributed by atoms with Crippen LogP contribution in [0.4, 0.5) is 0 Å². The second-order valence-corrected chi connectivity index (χ2v) is 6.20. The molecule has 0 unspecified atom stereocenters. The number of rotatable bonds is 2. The number of hydrogen-bond donors (Lipinski definition) is 1. The summed E-state index contributed by atoms with van der Waals surface area (Å²) in [5.74, 6) is 0. The number of allylic oxidation sites excluding steroid dienone is 1. The van der Waals surface area contributed by atoms with Gasteiger partial charge in [0.15, 0.2) is 0 Å². The fraction of sp³-hybridized carbons (Fsp3) is 0.100. The molecule has 0 saturated carbocycles. The molecule has 1 aliphatic rings. The maximum Gasteiger partial charge on any atom is 0.137 e. The van der Waals surface area contributed by atoms with E-state index in [2.05, 4.69) is 57.7 Å². The number of aromatic amines is 1. The molecule has 1 aromatic carbocycles. The van der Waals surface area contributed by atoms with Gasteiger partial charge in [0.2, 0.25) is 0 Å². The number of H-pyrrole nitrogens is 1. The highest BCUT2D eigenvalue weighted by Gasteiger charge is 2.18. The quantitative estimate of drug-likeness (QED) is 0.609. The van der Waals surface area contributed by atoms with Crippen LogP contribution in [0.15, 0.2) is 61.2 Å². The smallest absolute Gasteiger partial charge is 0.137 e. The zero-order chi connectivity index (χ0) is 16.1. The molecule has 3 aromatic heterocycles. The van der Waals surface area contributed by atoms with Gasteiger partial charge in [0.1, 0.15) is 5.65 Å². The van der Waals surface area contributed by atoms with Crippen molar-refractivity contribution in [2.45, 2.75) is 6.42 Å². The first-order valence-electron chi connectivity index (χ1n) is 8.04. The molecule has 0 spiro atoms. The van der Waals surface area contributed by atoms with Crippen molar-refractivity contribution in [3.63, 3.8) is 0 Å². The Kier molecular flexibility index (Phi) is 2.73. The molecule has 3 heterocycles. The van der Waals surface area contributed by atoms with Crippen molar-refractivity contribution in [2.75, 3.05) is 0 Å². The summed E-state index contributed by atoms with van der Waals surface area (Å²) < 4.78 is 1.81. The Bertz CT molecular complexity index is 1100. The first kappa shape index (κ1) is 13.3. The summed E-state index contributed by atoms with van der Waals surface area (Å²) in [7, 11) is 1.93. The van der Waals surface area contributed by atoms with E-state index in [1.54, 1.807) is 0 Å². The van der Waals surface area contributed by atoms with E-state index in [1.807, 2.05) is 30.3 Å². The van der Waals surface area contributed by atoms with Crippen molar-refractivity contribution in [1.82, 2.24) is 19.7 Å². The number of hydrogen-bond acceptors (Lipinski definition) is 2. The molecule has 5 rings (SSSR count). The Morgan fingerprint density at radius 2 is 2.00 bits per heavy atom. The predicted molar refractivity (Wildman–Crippen MR) is 95.5 cm³/mol. The van der Waals surface area contributed by atoms with Crippen LogP contribution in [0.25, 0.3) is 27.7 Å². The highest BCUT2D eigenvalue weighted by atomic mass is 15.2. The summed E-state index contributed by atoms with van der Waals surface area (Å²) in [6.45, 7) is 0. The van der Waals surface area contributed by atoms with Gasteiger partial charge in [0, 0.05) is 47.7 Å². The van der Waals surface area contributed by atoms with Crippen LogP contribution >= 0.6 is 0 Å². The molecular formula is C20H16N4. The summed E-state index contributed by atoms with van der Waals surface area (Å²) in [4.78, 5) is 7.90. The normalized spacial score (nSPS) is 13.3. The molecule has 4 nitrogen and oxygen atoms in total. The van der Waals surface area contributed by atoms with E-state index in [9.17, 15) is 0 Å². The molecule has 0 aliphatic heterocycles. The lowest BCUT2D eigenvalue weighted by molar-refractivity contribution is 0.768. The third-order valence-corrected chi connectivity index (χ3v) is 4.69. The fourth-order valence-electron chi connectivity index (χ4n) is 3.49. The van der Waals surface area contributed by atoms with Crippen molar-refractivity contribution in [3.8, 4) is 11.1 Å². The number of aromatic nitrogens is 4. The first-order valence-corrected chi connectivity index (χ1v) is 8.04. The Balaban J connectivity index is 1.68. The zero-order valence-electron chi connectivity index (χ0n) is 13.3. The molecule has 0 bridgehead atoms. The van der Waals surface area contributed by atoms with Crippen LogP contribution in [0.5, 0.6) is 0 Å². The zero-order valence-corrected chi connectivity index (χ0v) is 13.3. The number of fused-ring (bicyclic) bond motifs is 2. The van der Waals surface area contributed by atoms with Crippen LogP contribution in [0.3, 0.4) is 0 Å². The largest absolute Gasteiger partial charge is 0.346 e. The second-order valence-electron chi connectivity index (χ2n) is 6.20. The third kappa shape index (κ3) is 1.93. The summed E-state index contributed by atoms with van der Waals surface area (Å²) >= 11 is 0. The summed E-state index contributed by atoms with van der Waals surface area (Å²) in [6.07, 6.45) is 11.2. The molecule has 1 N–H and O–H groups in total. The Morgan fingerprint density at radius 3 is 2.88 bits per heavy atom.